The van der Waals surface area contributed by atoms with Gasteiger partial charge in [0.1, 0.15) is 0 Å². The largest absolute Gasteiger partial charge is 0.313 e. The molecule has 0 bridgehead atoms. The Bertz CT molecular complexity index is 547. The van der Waals surface area contributed by atoms with Gasteiger partial charge in [0.05, 0.1) is 4.90 Å². The summed E-state index contributed by atoms with van der Waals surface area (Å²) in [6, 6.07) is 5.43. The molecule has 0 unspecified atom stereocenters. The molecule has 0 saturated carbocycles. The number of nitrogens with one attached hydrogen (secondary N) is 1. The van der Waals surface area contributed by atoms with Gasteiger partial charge in [0, 0.05) is 24.6 Å². The highest BCUT2D eigenvalue weighted by atomic mass is 79.9. The Labute approximate surface area is 137 Å². The molecule has 0 aliphatic heterocycles. The molecule has 0 radical (unpaired) electrons. The van der Waals surface area contributed by atoms with Crippen molar-refractivity contribution in [2.24, 2.45) is 0 Å². The van der Waals surface area contributed by atoms with Gasteiger partial charge in [-0.2, -0.15) is 0 Å². The molecule has 1 rings (SSSR count). The monoisotopic (exact) mass is 376 g/mol. The summed E-state index contributed by atoms with van der Waals surface area (Å²) in [5.74, 6) is 0. The lowest BCUT2D eigenvalue weighted by molar-refractivity contribution is 0.459. The van der Waals surface area contributed by atoms with Crippen LogP contribution in [0.3, 0.4) is 0 Å². The minimum atomic E-state index is -3.42. The van der Waals surface area contributed by atoms with E-state index in [1.807, 2.05) is 12.1 Å². The average Bonchev–Trinajstić information content (AvgIpc) is 2.44. The van der Waals surface area contributed by atoms with E-state index in [4.69, 9.17) is 0 Å². The molecule has 0 spiro atoms. The molecular weight excluding hydrogens is 352 g/mol. The lowest BCUT2D eigenvalue weighted by Crippen LogP contribution is -2.28. The first-order valence-corrected chi connectivity index (χ1v) is 9.62. The van der Waals surface area contributed by atoms with E-state index in [2.05, 4.69) is 35.1 Å². The van der Waals surface area contributed by atoms with Gasteiger partial charge in [0.25, 0.3) is 0 Å². The fourth-order valence-corrected chi connectivity index (χ4v) is 4.23. The molecule has 0 saturated heterocycles. The average molecular weight is 377 g/mol. The quantitative estimate of drug-likeness (QED) is 0.672. The Kier molecular flexibility index (Phi) is 7.87. The molecule has 0 heterocycles. The Balaban J connectivity index is 2.88. The summed E-state index contributed by atoms with van der Waals surface area (Å²) in [6.45, 7) is 6.42. The van der Waals surface area contributed by atoms with E-state index in [0.29, 0.717) is 15.9 Å². The maximum absolute atomic E-state index is 12.5. The standard InChI is InChI=1S/C15H25BrN2O2S/c1-4-6-10-18(3)21(19,20)15-8-7-13(11-14(15)16)12-17-9-5-2/h7-8,11,17H,4-6,9-10,12H2,1-3H3. The van der Waals surface area contributed by atoms with Crippen LogP contribution in [0.25, 0.3) is 0 Å². The zero-order chi connectivity index (χ0) is 15.9. The van der Waals surface area contributed by atoms with Crippen molar-refractivity contribution in [3.63, 3.8) is 0 Å². The predicted molar refractivity (Wildman–Crippen MR) is 90.9 cm³/mol. The maximum Gasteiger partial charge on any atom is 0.243 e. The molecule has 0 fully saturated rings. The van der Waals surface area contributed by atoms with Gasteiger partial charge in [0.2, 0.25) is 10.0 Å². The Morgan fingerprint density at radius 2 is 1.95 bits per heavy atom. The van der Waals surface area contributed by atoms with Gasteiger partial charge in [-0.3, -0.25) is 0 Å². The third-order valence-corrected chi connectivity index (χ3v) is 6.10. The molecule has 0 amide bonds. The number of sulfonamides is 1. The van der Waals surface area contributed by atoms with Crippen molar-refractivity contribution < 1.29 is 8.42 Å². The van der Waals surface area contributed by atoms with Crippen LogP contribution in [0.5, 0.6) is 0 Å². The van der Waals surface area contributed by atoms with Crippen molar-refractivity contribution in [3.8, 4) is 0 Å². The van der Waals surface area contributed by atoms with E-state index in [1.54, 1.807) is 13.1 Å². The van der Waals surface area contributed by atoms with Crippen molar-refractivity contribution in [3.05, 3.63) is 28.2 Å². The topological polar surface area (TPSA) is 49.4 Å². The lowest BCUT2D eigenvalue weighted by Gasteiger charge is -2.18. The molecule has 1 aromatic carbocycles. The van der Waals surface area contributed by atoms with Gasteiger partial charge in [-0.25, -0.2) is 12.7 Å². The van der Waals surface area contributed by atoms with Crippen LogP contribution < -0.4 is 5.32 Å². The van der Waals surface area contributed by atoms with Gasteiger partial charge >= 0.3 is 0 Å². The van der Waals surface area contributed by atoms with Crippen LogP contribution >= 0.6 is 15.9 Å². The molecule has 1 aromatic rings. The highest BCUT2D eigenvalue weighted by Gasteiger charge is 2.22. The number of halogens is 1. The van der Waals surface area contributed by atoms with Crippen LogP contribution in [0.2, 0.25) is 0 Å². The van der Waals surface area contributed by atoms with Crippen molar-refractivity contribution in [2.45, 2.75) is 44.6 Å². The Hall–Kier alpha value is -0.430. The molecule has 0 aromatic heterocycles. The van der Waals surface area contributed by atoms with Crippen molar-refractivity contribution in [1.29, 1.82) is 0 Å². The number of hydrogen-bond acceptors (Lipinski definition) is 3. The summed E-state index contributed by atoms with van der Waals surface area (Å²) in [4.78, 5) is 0.334. The van der Waals surface area contributed by atoms with E-state index in [0.717, 1.165) is 37.9 Å². The van der Waals surface area contributed by atoms with Crippen molar-refractivity contribution in [2.75, 3.05) is 20.1 Å². The second-order valence-electron chi connectivity index (χ2n) is 5.12. The first kappa shape index (κ1) is 18.6. The highest BCUT2D eigenvalue weighted by molar-refractivity contribution is 9.10. The zero-order valence-corrected chi connectivity index (χ0v) is 15.4. The minimum Gasteiger partial charge on any atom is -0.313 e. The smallest absolute Gasteiger partial charge is 0.243 e. The number of rotatable bonds is 9. The summed E-state index contributed by atoms with van der Waals surface area (Å²) >= 11 is 3.39. The van der Waals surface area contributed by atoms with E-state index in [-0.39, 0.29) is 0 Å². The van der Waals surface area contributed by atoms with Crippen molar-refractivity contribution in [1.82, 2.24) is 9.62 Å². The molecule has 0 atom stereocenters. The molecule has 6 heteroatoms. The second kappa shape index (κ2) is 8.88. The highest BCUT2D eigenvalue weighted by Crippen LogP contribution is 2.26. The molecule has 0 aliphatic rings. The van der Waals surface area contributed by atoms with E-state index in [1.165, 1.54) is 4.31 Å². The van der Waals surface area contributed by atoms with Crippen LogP contribution in [0, 0.1) is 0 Å². The summed E-state index contributed by atoms with van der Waals surface area (Å²) in [5, 5.41) is 3.31. The predicted octanol–water partition coefficient (Wildman–Crippen LogP) is 3.37. The number of nitrogens with zero attached hydrogens (tertiary/aromatic N) is 1. The summed E-state index contributed by atoms with van der Waals surface area (Å²) < 4.78 is 27.1. The molecule has 21 heavy (non-hydrogen) atoms. The van der Waals surface area contributed by atoms with Crippen LogP contribution in [-0.2, 0) is 16.6 Å². The SMILES string of the molecule is CCCCN(C)S(=O)(=O)c1ccc(CNCCC)cc1Br. The normalized spacial score (nSPS) is 12.0. The maximum atomic E-state index is 12.5. The van der Waals surface area contributed by atoms with Gasteiger partial charge in [-0.15, -0.1) is 0 Å². The van der Waals surface area contributed by atoms with Crippen LogP contribution in [0.1, 0.15) is 38.7 Å². The first-order chi connectivity index (χ1) is 9.93. The number of benzene rings is 1. The van der Waals surface area contributed by atoms with Gasteiger partial charge in [-0.05, 0) is 53.0 Å². The summed E-state index contributed by atoms with van der Waals surface area (Å²) in [7, 11) is -1.78. The Morgan fingerprint density at radius 1 is 1.24 bits per heavy atom. The van der Waals surface area contributed by atoms with Gasteiger partial charge in [0.15, 0.2) is 0 Å². The third-order valence-electron chi connectivity index (χ3n) is 3.27. The van der Waals surface area contributed by atoms with Crippen LogP contribution in [0.15, 0.2) is 27.6 Å². The van der Waals surface area contributed by atoms with Crippen LogP contribution in [-0.4, -0.2) is 32.9 Å². The van der Waals surface area contributed by atoms with Gasteiger partial charge in [-0.1, -0.05) is 26.3 Å². The Morgan fingerprint density at radius 3 is 2.52 bits per heavy atom. The first-order valence-electron chi connectivity index (χ1n) is 7.39. The summed E-state index contributed by atoms with van der Waals surface area (Å²) in [6.07, 6.45) is 2.92. The second-order valence-corrected chi connectivity index (χ2v) is 7.99. The molecule has 4 nitrogen and oxygen atoms in total. The molecule has 120 valence electrons. The van der Waals surface area contributed by atoms with Gasteiger partial charge < -0.3 is 5.32 Å². The fraction of sp³-hybridized carbons (Fsp3) is 0.600. The number of unbranched alkanes of at least 4 members (excludes halogenated alkanes) is 1. The zero-order valence-electron chi connectivity index (χ0n) is 13.0. The lowest BCUT2D eigenvalue weighted by atomic mass is 10.2. The minimum absolute atomic E-state index is 0.334. The summed E-state index contributed by atoms with van der Waals surface area (Å²) in [5.41, 5.74) is 1.07. The van der Waals surface area contributed by atoms with E-state index >= 15 is 0 Å². The van der Waals surface area contributed by atoms with Crippen LogP contribution in [0.4, 0.5) is 0 Å². The van der Waals surface area contributed by atoms with E-state index in [9.17, 15) is 8.42 Å². The molecule has 1 N–H and O–H groups in total. The van der Waals surface area contributed by atoms with E-state index < -0.39 is 10.0 Å². The van der Waals surface area contributed by atoms with Crippen molar-refractivity contribution >= 4 is 26.0 Å². The molecular formula is C15H25BrN2O2S. The third kappa shape index (κ3) is 5.36. The molecule has 0 aliphatic carbocycles. The number of hydrogen-bond donors (Lipinski definition) is 1. The fourth-order valence-electron chi connectivity index (χ4n) is 1.94.